The van der Waals surface area contributed by atoms with Gasteiger partial charge in [-0.2, -0.15) is 0 Å². The highest BCUT2D eigenvalue weighted by Gasteiger charge is 2.25. The van der Waals surface area contributed by atoms with E-state index in [1.807, 2.05) is 18.7 Å². The lowest BCUT2D eigenvalue weighted by molar-refractivity contribution is -0.121. The maximum atomic E-state index is 13.4. The van der Waals surface area contributed by atoms with Crippen molar-refractivity contribution in [2.24, 2.45) is 5.92 Å². The van der Waals surface area contributed by atoms with Gasteiger partial charge in [0.25, 0.3) is 0 Å². The first-order chi connectivity index (χ1) is 13.4. The average Bonchev–Trinajstić information content (AvgIpc) is 3.15. The van der Waals surface area contributed by atoms with Crippen molar-refractivity contribution in [2.75, 3.05) is 44.2 Å². The van der Waals surface area contributed by atoms with Crippen LogP contribution in [0, 0.1) is 17.6 Å². The van der Waals surface area contributed by atoms with Crippen LogP contribution in [0.25, 0.3) is 0 Å². The third-order valence-corrected chi connectivity index (χ3v) is 4.78. The number of hydrogen-bond acceptors (Lipinski definition) is 3. The number of carbonyl (C=O) groups is 2. The number of carbonyl (C=O) groups excluding carboxylic acids is 2. The molecule has 1 unspecified atom stereocenters. The number of hydrogen-bond donors (Lipinski definition) is 2. The van der Waals surface area contributed by atoms with E-state index in [2.05, 4.69) is 10.6 Å². The molecule has 1 saturated heterocycles. The number of nitrogens with zero attached hydrogens (tertiary/aromatic N) is 2. The molecule has 6 nitrogen and oxygen atoms in total. The third-order valence-electron chi connectivity index (χ3n) is 4.78. The maximum absolute atomic E-state index is 13.4. The molecule has 1 aromatic rings. The third kappa shape index (κ3) is 6.35. The zero-order chi connectivity index (χ0) is 20.5. The van der Waals surface area contributed by atoms with Crippen molar-refractivity contribution in [3.05, 3.63) is 29.8 Å². The first-order valence-corrected chi connectivity index (χ1v) is 9.94. The Hall–Kier alpha value is -2.38. The molecule has 0 aliphatic carbocycles. The molecule has 3 amide bonds. The van der Waals surface area contributed by atoms with Gasteiger partial charge in [0.1, 0.15) is 6.54 Å². The van der Waals surface area contributed by atoms with E-state index in [-0.39, 0.29) is 24.4 Å². The smallest absolute Gasteiger partial charge is 0.317 e. The Bertz CT molecular complexity index is 672. The Kier molecular flexibility index (Phi) is 8.47. The van der Waals surface area contributed by atoms with Crippen molar-refractivity contribution in [1.82, 2.24) is 15.5 Å². The van der Waals surface area contributed by atoms with Crippen molar-refractivity contribution < 1.29 is 18.4 Å². The summed E-state index contributed by atoms with van der Waals surface area (Å²) in [6, 6.07) is 3.65. The van der Waals surface area contributed by atoms with E-state index in [0.29, 0.717) is 31.9 Å². The molecule has 1 aliphatic heterocycles. The SMILES string of the molecule is CCCNC(=O)CN(CCC)C(=O)NCC1CCN(c2ccc(F)c(F)c2)C1. The van der Waals surface area contributed by atoms with Crippen LogP contribution in [0.4, 0.5) is 19.3 Å². The van der Waals surface area contributed by atoms with Crippen molar-refractivity contribution in [1.29, 1.82) is 0 Å². The van der Waals surface area contributed by atoms with E-state index in [0.717, 1.165) is 31.9 Å². The molecule has 1 aromatic carbocycles. The Morgan fingerprint density at radius 2 is 1.96 bits per heavy atom. The normalized spacial score (nSPS) is 16.1. The van der Waals surface area contributed by atoms with E-state index < -0.39 is 11.6 Å². The molecule has 0 aromatic heterocycles. The Morgan fingerprint density at radius 3 is 2.64 bits per heavy atom. The molecular formula is C20H30F2N4O2. The predicted molar refractivity (Wildman–Crippen MR) is 105 cm³/mol. The first kappa shape index (κ1) is 21.9. The summed E-state index contributed by atoms with van der Waals surface area (Å²) < 4.78 is 26.5. The Balaban J connectivity index is 1.82. The van der Waals surface area contributed by atoms with E-state index in [1.54, 1.807) is 6.07 Å². The van der Waals surface area contributed by atoms with Gasteiger partial charge in [-0.25, -0.2) is 13.6 Å². The highest BCUT2D eigenvalue weighted by molar-refractivity contribution is 5.84. The molecule has 0 radical (unpaired) electrons. The molecule has 0 saturated carbocycles. The largest absolute Gasteiger partial charge is 0.371 e. The molecule has 156 valence electrons. The Labute approximate surface area is 165 Å². The fraction of sp³-hybridized carbons (Fsp3) is 0.600. The van der Waals surface area contributed by atoms with Gasteiger partial charge in [-0.3, -0.25) is 4.79 Å². The maximum Gasteiger partial charge on any atom is 0.317 e. The van der Waals surface area contributed by atoms with Crippen molar-refractivity contribution in [3.63, 3.8) is 0 Å². The van der Waals surface area contributed by atoms with Gasteiger partial charge in [-0.15, -0.1) is 0 Å². The molecule has 8 heteroatoms. The minimum absolute atomic E-state index is 0.0469. The highest BCUT2D eigenvalue weighted by Crippen LogP contribution is 2.25. The van der Waals surface area contributed by atoms with Gasteiger partial charge in [0.2, 0.25) is 5.91 Å². The summed E-state index contributed by atoms with van der Waals surface area (Å²) in [4.78, 5) is 27.9. The van der Waals surface area contributed by atoms with Crippen LogP contribution in [-0.2, 0) is 4.79 Å². The predicted octanol–water partition coefficient (Wildman–Crippen LogP) is 2.74. The topological polar surface area (TPSA) is 64.7 Å². The van der Waals surface area contributed by atoms with Gasteiger partial charge >= 0.3 is 6.03 Å². The lowest BCUT2D eigenvalue weighted by Crippen LogP contribution is -2.47. The van der Waals surface area contributed by atoms with Crippen LogP contribution in [0.5, 0.6) is 0 Å². The number of urea groups is 1. The molecule has 0 bridgehead atoms. The number of anilines is 1. The minimum atomic E-state index is -0.856. The second kappa shape index (κ2) is 10.8. The van der Waals surface area contributed by atoms with Crippen LogP contribution in [0.15, 0.2) is 18.2 Å². The molecule has 1 heterocycles. The van der Waals surface area contributed by atoms with Crippen LogP contribution in [0.2, 0.25) is 0 Å². The first-order valence-electron chi connectivity index (χ1n) is 9.94. The van der Waals surface area contributed by atoms with Crippen LogP contribution in [0.3, 0.4) is 0 Å². The summed E-state index contributed by atoms with van der Waals surface area (Å²) in [5.74, 6) is -1.65. The lowest BCUT2D eigenvalue weighted by Gasteiger charge is -2.23. The second-order valence-corrected chi connectivity index (χ2v) is 7.16. The summed E-state index contributed by atoms with van der Waals surface area (Å²) in [7, 11) is 0. The van der Waals surface area contributed by atoms with Gasteiger partial charge in [0, 0.05) is 44.5 Å². The van der Waals surface area contributed by atoms with E-state index in [4.69, 9.17) is 0 Å². The highest BCUT2D eigenvalue weighted by atomic mass is 19.2. The molecule has 2 rings (SSSR count). The monoisotopic (exact) mass is 396 g/mol. The summed E-state index contributed by atoms with van der Waals surface area (Å²) in [5, 5.41) is 5.69. The molecule has 28 heavy (non-hydrogen) atoms. The number of benzene rings is 1. The second-order valence-electron chi connectivity index (χ2n) is 7.16. The molecular weight excluding hydrogens is 366 g/mol. The molecule has 0 spiro atoms. The van der Waals surface area contributed by atoms with Crippen molar-refractivity contribution >= 4 is 17.6 Å². The van der Waals surface area contributed by atoms with Gasteiger partial charge in [0.15, 0.2) is 11.6 Å². The molecule has 1 fully saturated rings. The summed E-state index contributed by atoms with van der Waals surface area (Å²) in [5.41, 5.74) is 0.646. The van der Waals surface area contributed by atoms with Gasteiger partial charge < -0.3 is 20.4 Å². The van der Waals surface area contributed by atoms with Crippen molar-refractivity contribution in [3.8, 4) is 0 Å². The number of halogens is 2. The Morgan fingerprint density at radius 1 is 1.18 bits per heavy atom. The van der Waals surface area contributed by atoms with Crippen LogP contribution in [0.1, 0.15) is 33.1 Å². The van der Waals surface area contributed by atoms with Gasteiger partial charge in [0.05, 0.1) is 0 Å². The van der Waals surface area contributed by atoms with Gasteiger partial charge in [-0.1, -0.05) is 13.8 Å². The standard InChI is InChI=1S/C20H30F2N4O2/c1-3-8-23-19(27)14-26(9-4-2)20(28)24-12-15-7-10-25(13-15)16-5-6-17(21)18(22)11-16/h5-6,11,15H,3-4,7-10,12-14H2,1-2H3,(H,23,27)(H,24,28). The van der Waals surface area contributed by atoms with E-state index in [1.165, 1.54) is 11.0 Å². The molecule has 2 N–H and O–H groups in total. The number of rotatable bonds is 9. The van der Waals surface area contributed by atoms with E-state index in [9.17, 15) is 18.4 Å². The van der Waals surface area contributed by atoms with Crippen LogP contribution < -0.4 is 15.5 Å². The zero-order valence-electron chi connectivity index (χ0n) is 16.6. The quantitative estimate of drug-likeness (QED) is 0.675. The summed E-state index contributed by atoms with van der Waals surface area (Å²) >= 11 is 0. The zero-order valence-corrected chi connectivity index (χ0v) is 16.6. The number of amides is 3. The summed E-state index contributed by atoms with van der Waals surface area (Å²) in [6.45, 7) is 6.96. The lowest BCUT2D eigenvalue weighted by atomic mass is 10.1. The number of nitrogens with one attached hydrogen (secondary N) is 2. The van der Waals surface area contributed by atoms with E-state index >= 15 is 0 Å². The fourth-order valence-corrected chi connectivity index (χ4v) is 3.27. The average molecular weight is 396 g/mol. The van der Waals surface area contributed by atoms with Crippen LogP contribution in [-0.4, -0.2) is 56.1 Å². The molecule has 1 atom stereocenters. The minimum Gasteiger partial charge on any atom is -0.371 e. The van der Waals surface area contributed by atoms with Gasteiger partial charge in [-0.05, 0) is 37.3 Å². The fourth-order valence-electron chi connectivity index (χ4n) is 3.27. The molecule has 1 aliphatic rings. The summed E-state index contributed by atoms with van der Waals surface area (Å²) in [6.07, 6.45) is 2.47. The van der Waals surface area contributed by atoms with Crippen LogP contribution >= 0.6 is 0 Å². The van der Waals surface area contributed by atoms with Crippen molar-refractivity contribution in [2.45, 2.75) is 33.1 Å².